The molecule has 1 aromatic carbocycles. The summed E-state index contributed by atoms with van der Waals surface area (Å²) in [5, 5.41) is 12.3. The van der Waals surface area contributed by atoms with E-state index in [4.69, 9.17) is 0 Å². The number of aliphatic hydroxyl groups excluding tert-OH is 1. The molecule has 2 aromatic rings. The average molecular weight is 334 g/mol. The molecule has 1 aliphatic rings. The van der Waals surface area contributed by atoms with Gasteiger partial charge in [-0.05, 0) is 50.5 Å². The molecule has 2 unspecified atom stereocenters. The van der Waals surface area contributed by atoms with Gasteiger partial charge in [-0.3, -0.25) is 4.79 Å². The number of likely N-dealkylation sites (tertiary alicyclic amines) is 1. The molecule has 6 heteroatoms. The second kappa shape index (κ2) is 6.76. The molecule has 1 aromatic heterocycles. The molecule has 1 fully saturated rings. The fourth-order valence-corrected chi connectivity index (χ4v) is 3.76. The Hall–Kier alpha value is -1.79. The minimum Gasteiger partial charge on any atom is -0.391 e. The monoisotopic (exact) mass is 334 g/mol. The highest BCUT2D eigenvalue weighted by Gasteiger charge is 2.31. The van der Waals surface area contributed by atoms with Crippen molar-refractivity contribution in [3.8, 4) is 10.6 Å². The molecule has 0 bridgehead atoms. The molecule has 2 heterocycles. The van der Waals surface area contributed by atoms with Crippen molar-refractivity contribution < 1.29 is 14.3 Å². The molecule has 2 atom stereocenters. The Morgan fingerprint density at radius 1 is 1.39 bits per heavy atom. The molecule has 0 spiro atoms. The van der Waals surface area contributed by atoms with E-state index in [0.717, 1.165) is 24.8 Å². The Kier molecular flexibility index (Phi) is 4.73. The van der Waals surface area contributed by atoms with Crippen molar-refractivity contribution in [2.24, 2.45) is 0 Å². The maximum absolute atomic E-state index is 13.0. The van der Waals surface area contributed by atoms with E-state index in [1.54, 1.807) is 29.3 Å². The van der Waals surface area contributed by atoms with Crippen LogP contribution in [0.2, 0.25) is 0 Å². The summed E-state index contributed by atoms with van der Waals surface area (Å²) in [6, 6.07) is 5.93. The molecular formula is C17H19FN2O2S. The zero-order chi connectivity index (χ0) is 16.4. The highest BCUT2D eigenvalue weighted by Crippen LogP contribution is 2.27. The number of carbonyl (C=O) groups excluding carboxylic acids is 1. The van der Waals surface area contributed by atoms with E-state index < -0.39 is 6.10 Å². The molecule has 23 heavy (non-hydrogen) atoms. The minimum absolute atomic E-state index is 0.139. The number of thiazole rings is 1. The molecular weight excluding hydrogens is 315 g/mol. The van der Waals surface area contributed by atoms with Gasteiger partial charge in [0.2, 0.25) is 0 Å². The number of amides is 1. The summed E-state index contributed by atoms with van der Waals surface area (Å²) in [6.07, 6.45) is 2.24. The van der Waals surface area contributed by atoms with Gasteiger partial charge >= 0.3 is 0 Å². The lowest BCUT2D eigenvalue weighted by Crippen LogP contribution is -2.49. The highest BCUT2D eigenvalue weighted by molar-refractivity contribution is 7.13. The number of carbonyl (C=O) groups is 1. The minimum atomic E-state index is -0.547. The number of halogens is 1. The third-order valence-electron chi connectivity index (χ3n) is 4.18. The number of benzene rings is 1. The zero-order valence-electron chi connectivity index (χ0n) is 12.9. The van der Waals surface area contributed by atoms with E-state index in [-0.39, 0.29) is 17.8 Å². The summed E-state index contributed by atoms with van der Waals surface area (Å²) >= 11 is 1.37. The highest BCUT2D eigenvalue weighted by atomic mass is 32.1. The quantitative estimate of drug-likeness (QED) is 0.937. The van der Waals surface area contributed by atoms with E-state index >= 15 is 0 Å². The van der Waals surface area contributed by atoms with Crippen molar-refractivity contribution in [2.45, 2.75) is 38.3 Å². The Morgan fingerprint density at radius 3 is 2.83 bits per heavy atom. The van der Waals surface area contributed by atoms with E-state index in [1.165, 1.54) is 23.5 Å². The van der Waals surface area contributed by atoms with Gasteiger partial charge in [0.1, 0.15) is 16.5 Å². The summed E-state index contributed by atoms with van der Waals surface area (Å²) < 4.78 is 13.0. The number of rotatable bonds is 3. The van der Waals surface area contributed by atoms with Gasteiger partial charge < -0.3 is 10.0 Å². The van der Waals surface area contributed by atoms with E-state index in [1.807, 2.05) is 0 Å². The van der Waals surface area contributed by atoms with Gasteiger partial charge in [0.25, 0.3) is 5.91 Å². The standard InChI is InChI=1S/C17H19FN2O2S/c1-11(21)15-4-2-3-9-20(15)17(22)14-10-23-16(19-14)12-5-7-13(18)8-6-12/h5-8,10-11,15,21H,2-4,9H2,1H3. The van der Waals surface area contributed by atoms with Crippen LogP contribution in [0.15, 0.2) is 29.6 Å². The molecule has 4 nitrogen and oxygen atoms in total. The summed E-state index contributed by atoms with van der Waals surface area (Å²) in [5.41, 5.74) is 1.18. The molecule has 0 aliphatic carbocycles. The second-order valence-electron chi connectivity index (χ2n) is 5.85. The van der Waals surface area contributed by atoms with E-state index in [2.05, 4.69) is 4.98 Å². The largest absolute Gasteiger partial charge is 0.391 e. The Labute approximate surface area is 138 Å². The van der Waals surface area contributed by atoms with Crippen LogP contribution in [0.4, 0.5) is 4.39 Å². The van der Waals surface area contributed by atoms with Crippen LogP contribution in [0, 0.1) is 5.82 Å². The van der Waals surface area contributed by atoms with Gasteiger partial charge in [-0.15, -0.1) is 11.3 Å². The summed E-state index contributed by atoms with van der Waals surface area (Å²) in [5.74, 6) is -0.435. The van der Waals surface area contributed by atoms with Crippen molar-refractivity contribution in [1.29, 1.82) is 0 Å². The van der Waals surface area contributed by atoms with Crippen molar-refractivity contribution >= 4 is 17.2 Å². The van der Waals surface area contributed by atoms with Crippen molar-refractivity contribution in [1.82, 2.24) is 9.88 Å². The van der Waals surface area contributed by atoms with Crippen molar-refractivity contribution in [3.05, 3.63) is 41.2 Å². The van der Waals surface area contributed by atoms with Crippen molar-refractivity contribution in [2.75, 3.05) is 6.54 Å². The molecule has 122 valence electrons. The summed E-state index contributed by atoms with van der Waals surface area (Å²) in [6.45, 7) is 2.37. The van der Waals surface area contributed by atoms with Crippen LogP contribution in [-0.2, 0) is 0 Å². The topological polar surface area (TPSA) is 53.4 Å². The fourth-order valence-electron chi connectivity index (χ4n) is 2.96. The maximum Gasteiger partial charge on any atom is 0.273 e. The zero-order valence-corrected chi connectivity index (χ0v) is 13.7. The number of piperidine rings is 1. The fraction of sp³-hybridized carbons (Fsp3) is 0.412. The number of hydrogen-bond donors (Lipinski definition) is 1. The molecule has 1 amide bonds. The predicted octanol–water partition coefficient (Wildman–Crippen LogP) is 3.32. The molecule has 1 N–H and O–H groups in total. The Balaban J connectivity index is 1.81. The lowest BCUT2D eigenvalue weighted by atomic mass is 9.98. The van der Waals surface area contributed by atoms with Crippen LogP contribution in [0.25, 0.3) is 10.6 Å². The Morgan fingerprint density at radius 2 is 2.13 bits per heavy atom. The number of nitrogens with zero attached hydrogens (tertiary/aromatic N) is 2. The lowest BCUT2D eigenvalue weighted by molar-refractivity contribution is 0.0277. The average Bonchev–Trinajstić information content (AvgIpc) is 3.04. The first-order valence-electron chi connectivity index (χ1n) is 7.77. The first kappa shape index (κ1) is 16.1. The van der Waals surface area contributed by atoms with Crippen LogP contribution in [0.3, 0.4) is 0 Å². The molecule has 1 aliphatic heterocycles. The SMILES string of the molecule is CC(O)C1CCCCN1C(=O)c1csc(-c2ccc(F)cc2)n1. The van der Waals surface area contributed by atoms with Gasteiger partial charge in [0.05, 0.1) is 12.1 Å². The summed E-state index contributed by atoms with van der Waals surface area (Å²) in [7, 11) is 0. The van der Waals surface area contributed by atoms with Crippen LogP contribution >= 0.6 is 11.3 Å². The van der Waals surface area contributed by atoms with Crippen LogP contribution in [0.5, 0.6) is 0 Å². The Bertz CT molecular complexity index is 684. The van der Waals surface area contributed by atoms with Crippen molar-refractivity contribution in [3.63, 3.8) is 0 Å². The number of hydrogen-bond acceptors (Lipinski definition) is 4. The van der Waals surface area contributed by atoms with Crippen LogP contribution in [-0.4, -0.2) is 39.6 Å². The molecule has 3 rings (SSSR count). The van der Waals surface area contributed by atoms with Gasteiger partial charge in [0, 0.05) is 17.5 Å². The molecule has 0 saturated carbocycles. The maximum atomic E-state index is 13.0. The van der Waals surface area contributed by atoms with Gasteiger partial charge in [-0.1, -0.05) is 0 Å². The third-order valence-corrected chi connectivity index (χ3v) is 5.07. The molecule has 1 saturated heterocycles. The normalized spacial score (nSPS) is 19.6. The third kappa shape index (κ3) is 3.43. The number of aliphatic hydroxyl groups is 1. The molecule has 0 radical (unpaired) electrons. The second-order valence-corrected chi connectivity index (χ2v) is 6.71. The lowest BCUT2D eigenvalue weighted by Gasteiger charge is -2.37. The predicted molar refractivity (Wildman–Crippen MR) is 87.9 cm³/mol. The van der Waals surface area contributed by atoms with Crippen LogP contribution < -0.4 is 0 Å². The number of aromatic nitrogens is 1. The van der Waals surface area contributed by atoms with Gasteiger partial charge in [-0.25, -0.2) is 9.37 Å². The van der Waals surface area contributed by atoms with Gasteiger partial charge in [-0.2, -0.15) is 0 Å². The van der Waals surface area contributed by atoms with Crippen LogP contribution in [0.1, 0.15) is 36.7 Å². The van der Waals surface area contributed by atoms with Gasteiger partial charge in [0.15, 0.2) is 0 Å². The summed E-state index contributed by atoms with van der Waals surface area (Å²) in [4.78, 5) is 18.8. The van der Waals surface area contributed by atoms with E-state index in [9.17, 15) is 14.3 Å². The first-order valence-corrected chi connectivity index (χ1v) is 8.65. The first-order chi connectivity index (χ1) is 11.1. The smallest absolute Gasteiger partial charge is 0.273 e. The van der Waals surface area contributed by atoms with E-state index in [0.29, 0.717) is 17.2 Å².